The van der Waals surface area contributed by atoms with E-state index in [1.54, 1.807) is 19.1 Å². The third kappa shape index (κ3) is 10.5. The minimum atomic E-state index is 0.192. The van der Waals surface area contributed by atoms with Gasteiger partial charge >= 0.3 is 0 Å². The zero-order chi connectivity index (χ0) is 30.2. The van der Waals surface area contributed by atoms with Crippen LogP contribution in [-0.4, -0.2) is 23.9 Å². The molecule has 1 amide bonds. The van der Waals surface area contributed by atoms with Crippen molar-refractivity contribution < 1.29 is 4.79 Å². The van der Waals surface area contributed by atoms with E-state index in [-0.39, 0.29) is 11.8 Å². The molecule has 1 aromatic rings. The van der Waals surface area contributed by atoms with Crippen LogP contribution in [-0.2, 0) is 4.79 Å². The van der Waals surface area contributed by atoms with Crippen molar-refractivity contribution in [1.29, 1.82) is 5.26 Å². The lowest BCUT2D eigenvalue weighted by Crippen LogP contribution is -2.36. The molecule has 5 heteroatoms. The summed E-state index contributed by atoms with van der Waals surface area (Å²) >= 11 is 13.0. The average Bonchev–Trinajstić information content (AvgIpc) is 3.40. The highest BCUT2D eigenvalue weighted by atomic mass is 35.5. The van der Waals surface area contributed by atoms with Gasteiger partial charge in [-0.25, -0.2) is 0 Å². The Balaban J connectivity index is 0.000000621. The number of hydrogen-bond acceptors (Lipinski definition) is 2. The Morgan fingerprint density at radius 2 is 1.85 bits per heavy atom. The number of fused-ring (bicyclic) bond motifs is 1. The minimum absolute atomic E-state index is 0.192. The first-order valence-electron chi connectivity index (χ1n) is 14.6. The molecular formula is C35H48Cl2N2O. The second kappa shape index (κ2) is 18.7. The van der Waals surface area contributed by atoms with Gasteiger partial charge in [-0.3, -0.25) is 4.79 Å². The van der Waals surface area contributed by atoms with Crippen molar-refractivity contribution in [3.05, 3.63) is 94.1 Å². The Morgan fingerprint density at radius 3 is 2.38 bits per heavy atom. The van der Waals surface area contributed by atoms with Crippen molar-refractivity contribution in [2.24, 2.45) is 23.7 Å². The number of nitriles is 1. The Hall–Kier alpha value is -2.54. The lowest BCUT2D eigenvalue weighted by atomic mass is 9.62. The maximum atomic E-state index is 12.1. The van der Waals surface area contributed by atoms with Crippen LogP contribution < -0.4 is 0 Å². The summed E-state index contributed by atoms with van der Waals surface area (Å²) in [6.45, 7) is 19.3. The van der Waals surface area contributed by atoms with Crippen LogP contribution in [0.15, 0.2) is 83.5 Å². The van der Waals surface area contributed by atoms with E-state index in [1.165, 1.54) is 23.6 Å². The summed E-state index contributed by atoms with van der Waals surface area (Å²) in [7, 11) is 0. The van der Waals surface area contributed by atoms with Gasteiger partial charge in [0, 0.05) is 30.1 Å². The van der Waals surface area contributed by atoms with E-state index in [0.717, 1.165) is 36.0 Å². The molecule has 3 rings (SSSR count). The van der Waals surface area contributed by atoms with Crippen molar-refractivity contribution in [3.8, 4) is 6.07 Å². The highest BCUT2D eigenvalue weighted by Crippen LogP contribution is 2.52. The number of halogens is 2. The number of allylic oxidation sites excluding steroid dienone is 9. The summed E-state index contributed by atoms with van der Waals surface area (Å²) in [6, 6.07) is 10.3. The number of benzene rings is 1. The van der Waals surface area contributed by atoms with Gasteiger partial charge in [0.05, 0.1) is 11.6 Å². The molecule has 0 radical (unpaired) electrons. The fourth-order valence-electron chi connectivity index (χ4n) is 5.80. The molecule has 1 saturated carbocycles. The normalized spacial score (nSPS) is 23.7. The van der Waals surface area contributed by atoms with E-state index in [4.69, 9.17) is 28.5 Å². The number of likely N-dealkylation sites (tertiary alicyclic amines) is 1. The van der Waals surface area contributed by atoms with Crippen LogP contribution in [0.1, 0.15) is 79.2 Å². The van der Waals surface area contributed by atoms with Crippen molar-refractivity contribution in [2.75, 3.05) is 13.1 Å². The molecule has 2 fully saturated rings. The standard InChI is InChI=1S/C25H33Cl2NO.C8H9N.C2H6/c1-5-6-16(2)13-24(27)17(3)22-12-9-20-14-28(18(4)29)15-23(20)25(22)19-7-10-21(26)11-8-19;1-3-5-6-8(4-2)7-9;1-2/h6-8,10-11,13,17,20,22-23,25H,5,9,12,14-15H2,1-4H3;3-6H,2H2,1H3;1-2H3/b16-6-,24-13+;5-3-,8-6+;. The number of amides is 1. The fraction of sp³-hybridized carbons (Fsp3) is 0.486. The molecule has 0 N–H and O–H groups in total. The maximum absolute atomic E-state index is 12.1. The van der Waals surface area contributed by atoms with Gasteiger partial charge in [-0.15, -0.1) is 0 Å². The van der Waals surface area contributed by atoms with Crippen molar-refractivity contribution in [3.63, 3.8) is 0 Å². The molecule has 1 aromatic carbocycles. The van der Waals surface area contributed by atoms with E-state index in [2.05, 4.69) is 51.6 Å². The molecule has 3 nitrogen and oxygen atoms in total. The van der Waals surface area contributed by atoms with Crippen molar-refractivity contribution in [2.45, 2.75) is 73.6 Å². The topological polar surface area (TPSA) is 44.1 Å². The van der Waals surface area contributed by atoms with Gasteiger partial charge in [0.2, 0.25) is 5.91 Å². The number of carbonyl (C=O) groups is 1. The molecule has 218 valence electrons. The van der Waals surface area contributed by atoms with Gasteiger partial charge in [-0.2, -0.15) is 5.26 Å². The maximum Gasteiger partial charge on any atom is 0.219 e. The van der Waals surface area contributed by atoms with Crippen LogP contribution >= 0.6 is 23.2 Å². The molecule has 0 aromatic heterocycles. The predicted molar refractivity (Wildman–Crippen MR) is 173 cm³/mol. The van der Waals surface area contributed by atoms with Gasteiger partial charge < -0.3 is 4.90 Å². The molecule has 5 unspecified atom stereocenters. The molecular weight excluding hydrogens is 535 g/mol. The largest absolute Gasteiger partial charge is 0.342 e. The highest BCUT2D eigenvalue weighted by Gasteiger charge is 2.47. The first kappa shape index (κ1) is 35.5. The number of hydrogen-bond donors (Lipinski definition) is 0. The van der Waals surface area contributed by atoms with E-state index >= 15 is 0 Å². The molecule has 5 atom stereocenters. The van der Waals surface area contributed by atoms with Crippen molar-refractivity contribution >= 4 is 29.1 Å². The average molecular weight is 584 g/mol. The van der Waals surface area contributed by atoms with Crippen LogP contribution in [0.5, 0.6) is 0 Å². The molecule has 1 aliphatic carbocycles. The minimum Gasteiger partial charge on any atom is -0.342 e. The van der Waals surface area contributed by atoms with Gasteiger partial charge in [0.25, 0.3) is 0 Å². The van der Waals surface area contributed by atoms with E-state index in [9.17, 15) is 4.79 Å². The Labute approximate surface area is 253 Å². The molecule has 0 bridgehead atoms. The Kier molecular flexibility index (Phi) is 16.6. The lowest BCUT2D eigenvalue weighted by Gasteiger charge is -2.42. The summed E-state index contributed by atoms with van der Waals surface area (Å²) in [6.07, 6.45) is 14.6. The molecule has 2 aliphatic rings. The molecule has 40 heavy (non-hydrogen) atoms. The van der Waals surface area contributed by atoms with Gasteiger partial charge in [-0.05, 0) is 92.5 Å². The highest BCUT2D eigenvalue weighted by molar-refractivity contribution is 6.30. The first-order valence-corrected chi connectivity index (χ1v) is 15.3. The molecule has 1 saturated heterocycles. The predicted octanol–water partition coefficient (Wildman–Crippen LogP) is 10.3. The quantitative estimate of drug-likeness (QED) is 0.237. The second-order valence-corrected chi connectivity index (χ2v) is 11.2. The number of nitrogens with zero attached hydrogens (tertiary/aromatic N) is 2. The van der Waals surface area contributed by atoms with Crippen LogP contribution in [0, 0.1) is 35.0 Å². The van der Waals surface area contributed by atoms with Gasteiger partial charge in [0.15, 0.2) is 0 Å². The molecule has 0 spiro atoms. The Morgan fingerprint density at radius 1 is 1.20 bits per heavy atom. The zero-order valence-electron chi connectivity index (χ0n) is 25.5. The fourth-order valence-corrected chi connectivity index (χ4v) is 6.25. The third-order valence-electron chi connectivity index (χ3n) is 7.77. The number of carbonyl (C=O) groups excluding carboxylic acids is 1. The first-order chi connectivity index (χ1) is 19.2. The Bertz CT molecular complexity index is 1110. The summed E-state index contributed by atoms with van der Waals surface area (Å²) in [5, 5.41) is 10.0. The summed E-state index contributed by atoms with van der Waals surface area (Å²) in [4.78, 5) is 14.1. The van der Waals surface area contributed by atoms with Crippen molar-refractivity contribution in [1.82, 2.24) is 4.90 Å². The van der Waals surface area contributed by atoms with Gasteiger partial charge in [0.1, 0.15) is 0 Å². The smallest absolute Gasteiger partial charge is 0.219 e. The summed E-state index contributed by atoms with van der Waals surface area (Å²) in [5.41, 5.74) is 3.15. The number of rotatable bonds is 7. The second-order valence-electron chi connectivity index (χ2n) is 10.3. The van der Waals surface area contributed by atoms with E-state index < -0.39 is 0 Å². The van der Waals surface area contributed by atoms with Crippen LogP contribution in [0.25, 0.3) is 0 Å². The lowest BCUT2D eigenvalue weighted by molar-refractivity contribution is -0.128. The zero-order valence-corrected chi connectivity index (χ0v) is 27.0. The van der Waals surface area contributed by atoms with E-state index in [0.29, 0.717) is 29.2 Å². The molecule has 1 aliphatic heterocycles. The van der Waals surface area contributed by atoms with E-state index in [1.807, 2.05) is 49.9 Å². The summed E-state index contributed by atoms with van der Waals surface area (Å²) < 4.78 is 0. The molecule has 1 heterocycles. The van der Waals surface area contributed by atoms with Crippen LogP contribution in [0.3, 0.4) is 0 Å². The van der Waals surface area contributed by atoms with Crippen LogP contribution in [0.2, 0.25) is 5.02 Å². The third-order valence-corrected chi connectivity index (χ3v) is 8.48. The van der Waals surface area contributed by atoms with Gasteiger partial charge in [-0.1, -0.05) is 99.5 Å². The SMILES string of the molecule is C=C/C(C#N)=C\C=C/C.CC.CC/C=C(C)\C=C(\Cl)C(C)C1CCC2CN(C(C)=O)CC2C1c1ccc(Cl)cc1. The van der Waals surface area contributed by atoms with Crippen LogP contribution in [0.4, 0.5) is 0 Å². The summed E-state index contributed by atoms with van der Waals surface area (Å²) in [5.74, 6) is 2.39. The monoisotopic (exact) mass is 582 g/mol.